The van der Waals surface area contributed by atoms with Gasteiger partial charge in [-0.05, 0) is 67.6 Å². The average molecular weight is 562 g/mol. The number of carbonyl (C=O) groups is 3. The van der Waals surface area contributed by atoms with Crippen molar-refractivity contribution in [2.45, 2.75) is 31.7 Å². The average Bonchev–Trinajstić information content (AvgIpc) is 3.23. The molecule has 0 spiro atoms. The van der Waals surface area contributed by atoms with Crippen molar-refractivity contribution in [1.82, 2.24) is 14.8 Å². The zero-order chi connectivity index (χ0) is 28.7. The van der Waals surface area contributed by atoms with Gasteiger partial charge < -0.3 is 25.1 Å². The summed E-state index contributed by atoms with van der Waals surface area (Å²) in [7, 11) is 0. The molecule has 216 valence electrons. The smallest absolute Gasteiger partial charge is 0.335 e. The predicted molar refractivity (Wildman–Crippen MR) is 154 cm³/mol. The lowest BCUT2D eigenvalue weighted by atomic mass is 9.95. The van der Waals surface area contributed by atoms with Crippen LogP contribution in [0.5, 0.6) is 11.8 Å². The number of piperazine rings is 1. The normalized spacial score (nSPS) is 20.9. The SMILES string of the molecule is O=C1CCC(n2c(O)c3ccc(N4CCN(CC5CCN(c6ccc(C(=O)O)cc6)CC5)CC4)cc3c2O)C(=O)N1. The van der Waals surface area contributed by atoms with Crippen molar-refractivity contribution in [3.63, 3.8) is 0 Å². The number of nitrogens with zero attached hydrogens (tertiary/aromatic N) is 4. The maximum Gasteiger partial charge on any atom is 0.335 e. The summed E-state index contributed by atoms with van der Waals surface area (Å²) in [6.07, 6.45) is 2.58. The van der Waals surface area contributed by atoms with E-state index in [0.717, 1.165) is 70.0 Å². The number of nitrogens with one attached hydrogen (secondary N) is 1. The van der Waals surface area contributed by atoms with Crippen molar-refractivity contribution in [2.75, 3.05) is 55.6 Å². The molecule has 3 aliphatic heterocycles. The van der Waals surface area contributed by atoms with E-state index in [1.54, 1.807) is 18.2 Å². The molecule has 3 saturated heterocycles. The van der Waals surface area contributed by atoms with Gasteiger partial charge in [0.15, 0.2) is 0 Å². The Labute approximate surface area is 237 Å². The summed E-state index contributed by atoms with van der Waals surface area (Å²) in [5.74, 6) is -1.50. The quantitative estimate of drug-likeness (QED) is 0.335. The molecule has 1 unspecified atom stereocenters. The third-order valence-corrected chi connectivity index (χ3v) is 8.81. The van der Waals surface area contributed by atoms with E-state index in [2.05, 4.69) is 20.0 Å². The fourth-order valence-corrected chi connectivity index (χ4v) is 6.43. The molecule has 0 saturated carbocycles. The maximum absolute atomic E-state index is 12.4. The highest BCUT2D eigenvalue weighted by Crippen LogP contribution is 2.42. The summed E-state index contributed by atoms with van der Waals surface area (Å²) in [5, 5.41) is 34.1. The Kier molecular flexibility index (Phi) is 7.21. The highest BCUT2D eigenvalue weighted by Gasteiger charge is 2.33. The lowest BCUT2D eigenvalue weighted by molar-refractivity contribution is -0.135. The molecule has 1 atom stereocenters. The largest absolute Gasteiger partial charge is 0.494 e. The lowest BCUT2D eigenvalue weighted by Gasteiger charge is -2.40. The standard InChI is InChI=1S/C30H35N5O6/c36-26-8-7-25(27(37)31-26)35-28(38)23-6-5-22(17-24(23)29(35)39)34-15-13-32(14-16-34)18-19-9-11-33(12-10-19)21-3-1-20(2-4-21)30(40)41/h1-6,17,19,25,38-39H,7-16,18H2,(H,40,41)(H,31,36,37). The number of carboxylic acids is 1. The van der Waals surface area contributed by atoms with Crippen molar-refractivity contribution < 1.29 is 29.7 Å². The van der Waals surface area contributed by atoms with Crippen LogP contribution in [-0.4, -0.2) is 88.4 Å². The van der Waals surface area contributed by atoms with Crippen molar-refractivity contribution >= 4 is 39.9 Å². The van der Waals surface area contributed by atoms with Gasteiger partial charge in [0.05, 0.1) is 5.56 Å². The number of piperidine rings is 2. The van der Waals surface area contributed by atoms with Crippen molar-refractivity contribution in [3.05, 3.63) is 48.0 Å². The molecule has 0 bridgehead atoms. The van der Waals surface area contributed by atoms with Crippen LogP contribution in [-0.2, 0) is 9.59 Å². The van der Waals surface area contributed by atoms with Crippen molar-refractivity contribution in [3.8, 4) is 11.8 Å². The van der Waals surface area contributed by atoms with Gasteiger partial charge in [-0.1, -0.05) is 0 Å². The minimum Gasteiger partial charge on any atom is -0.494 e. The molecule has 2 aromatic carbocycles. The number of aromatic hydroxyl groups is 2. The molecule has 0 radical (unpaired) electrons. The van der Waals surface area contributed by atoms with Gasteiger partial charge >= 0.3 is 5.97 Å². The fraction of sp³-hybridized carbons (Fsp3) is 0.433. The van der Waals surface area contributed by atoms with Crippen LogP contribution in [0.3, 0.4) is 0 Å². The molecule has 2 amide bonds. The first-order valence-corrected chi connectivity index (χ1v) is 14.2. The minimum absolute atomic E-state index is 0.154. The number of aromatic nitrogens is 1. The molecule has 4 heterocycles. The number of hydrogen-bond acceptors (Lipinski definition) is 8. The fourth-order valence-electron chi connectivity index (χ4n) is 6.43. The molecule has 41 heavy (non-hydrogen) atoms. The number of aromatic carboxylic acids is 1. The summed E-state index contributed by atoms with van der Waals surface area (Å²) in [6.45, 7) is 6.55. The number of carbonyl (C=O) groups excluding carboxylic acids is 2. The molecule has 6 rings (SSSR count). The summed E-state index contributed by atoms with van der Waals surface area (Å²) in [4.78, 5) is 42.2. The first-order chi connectivity index (χ1) is 19.8. The van der Waals surface area contributed by atoms with Crippen LogP contribution in [0, 0.1) is 5.92 Å². The third kappa shape index (κ3) is 5.29. The zero-order valence-electron chi connectivity index (χ0n) is 22.8. The van der Waals surface area contributed by atoms with Gasteiger partial charge in [0.2, 0.25) is 23.6 Å². The van der Waals surface area contributed by atoms with E-state index in [1.165, 1.54) is 4.57 Å². The second-order valence-electron chi connectivity index (χ2n) is 11.3. The van der Waals surface area contributed by atoms with E-state index in [-0.39, 0.29) is 30.5 Å². The van der Waals surface area contributed by atoms with Crippen molar-refractivity contribution in [2.24, 2.45) is 5.92 Å². The molecule has 4 N–H and O–H groups in total. The molecule has 3 fully saturated rings. The maximum atomic E-state index is 12.4. The topological polar surface area (TPSA) is 139 Å². The first-order valence-electron chi connectivity index (χ1n) is 14.2. The van der Waals surface area contributed by atoms with E-state index in [9.17, 15) is 24.6 Å². The van der Waals surface area contributed by atoms with Crippen LogP contribution in [0.15, 0.2) is 42.5 Å². The number of anilines is 2. The predicted octanol–water partition coefficient (Wildman–Crippen LogP) is 2.77. The van der Waals surface area contributed by atoms with Gasteiger partial charge in [-0.2, -0.15) is 0 Å². The minimum atomic E-state index is -0.905. The lowest BCUT2D eigenvalue weighted by Crippen LogP contribution is -2.49. The van der Waals surface area contributed by atoms with Crippen LogP contribution in [0.1, 0.15) is 42.1 Å². The monoisotopic (exact) mass is 561 g/mol. The Hall–Kier alpha value is -4.25. The molecule has 11 heteroatoms. The van der Waals surface area contributed by atoms with Crippen molar-refractivity contribution in [1.29, 1.82) is 0 Å². The molecule has 11 nitrogen and oxygen atoms in total. The highest BCUT2D eigenvalue weighted by atomic mass is 16.4. The Balaban J connectivity index is 1.04. The van der Waals surface area contributed by atoms with Gasteiger partial charge in [0, 0.05) is 74.4 Å². The number of benzene rings is 2. The summed E-state index contributed by atoms with van der Waals surface area (Å²) in [6, 6.07) is 11.9. The van der Waals surface area contributed by atoms with Gasteiger partial charge in [0.1, 0.15) is 6.04 Å². The molecule has 3 aliphatic rings. The van der Waals surface area contributed by atoms with Crippen LogP contribution in [0.4, 0.5) is 11.4 Å². The molecule has 0 aliphatic carbocycles. The van der Waals surface area contributed by atoms with Crippen LogP contribution in [0.2, 0.25) is 0 Å². The summed E-state index contributed by atoms with van der Waals surface area (Å²) < 4.78 is 1.23. The van der Waals surface area contributed by atoms with E-state index >= 15 is 0 Å². The second kappa shape index (κ2) is 11.0. The highest BCUT2D eigenvalue weighted by molar-refractivity contribution is 6.01. The molecular weight excluding hydrogens is 526 g/mol. The summed E-state index contributed by atoms with van der Waals surface area (Å²) in [5.41, 5.74) is 2.34. The van der Waals surface area contributed by atoms with E-state index < -0.39 is 17.9 Å². The Morgan fingerprint density at radius 2 is 1.44 bits per heavy atom. The Morgan fingerprint density at radius 1 is 0.805 bits per heavy atom. The van der Waals surface area contributed by atoms with Gasteiger partial charge in [-0.15, -0.1) is 0 Å². The number of imide groups is 1. The van der Waals surface area contributed by atoms with Crippen LogP contribution in [0.25, 0.3) is 10.8 Å². The van der Waals surface area contributed by atoms with Crippen LogP contribution < -0.4 is 15.1 Å². The molecular formula is C30H35N5O6. The van der Waals surface area contributed by atoms with Crippen LogP contribution >= 0.6 is 0 Å². The second-order valence-corrected chi connectivity index (χ2v) is 11.3. The third-order valence-electron chi connectivity index (χ3n) is 8.81. The number of hydrogen-bond donors (Lipinski definition) is 4. The number of amides is 2. The van der Waals surface area contributed by atoms with Gasteiger partial charge in [-0.3, -0.25) is 24.4 Å². The number of rotatable bonds is 6. The van der Waals surface area contributed by atoms with E-state index in [0.29, 0.717) is 22.3 Å². The number of fused-ring (bicyclic) bond motifs is 1. The van der Waals surface area contributed by atoms with E-state index in [1.807, 2.05) is 24.3 Å². The van der Waals surface area contributed by atoms with Gasteiger partial charge in [0.25, 0.3) is 0 Å². The Morgan fingerprint density at radius 3 is 2.10 bits per heavy atom. The van der Waals surface area contributed by atoms with Gasteiger partial charge in [-0.25, -0.2) is 4.79 Å². The Bertz CT molecular complexity index is 1470. The summed E-state index contributed by atoms with van der Waals surface area (Å²) >= 11 is 0. The first kappa shape index (κ1) is 26.9. The zero-order valence-corrected chi connectivity index (χ0v) is 22.8. The van der Waals surface area contributed by atoms with E-state index in [4.69, 9.17) is 5.11 Å². The number of carboxylic acid groups (broad SMARTS) is 1. The molecule has 1 aromatic heterocycles. The molecule has 3 aromatic rings.